The van der Waals surface area contributed by atoms with E-state index in [1.807, 2.05) is 12.1 Å². The summed E-state index contributed by atoms with van der Waals surface area (Å²) in [7, 11) is 0. The molecule has 82 valence electrons. The molecule has 0 atom stereocenters. The molecular formula is C8H5BrClN5S. The van der Waals surface area contributed by atoms with E-state index in [2.05, 4.69) is 35.9 Å². The minimum Gasteiger partial charge on any atom is -0.368 e. The monoisotopic (exact) mass is 317 g/mol. The molecule has 0 bridgehead atoms. The summed E-state index contributed by atoms with van der Waals surface area (Å²) < 4.78 is 0.857. The Balaban J connectivity index is 2.30. The van der Waals surface area contributed by atoms with Crippen molar-refractivity contribution in [1.82, 2.24) is 19.9 Å². The fraction of sp³-hybridized carbons (Fsp3) is 0. The van der Waals surface area contributed by atoms with Crippen molar-refractivity contribution in [2.75, 3.05) is 5.73 Å². The van der Waals surface area contributed by atoms with Gasteiger partial charge in [0.2, 0.25) is 11.2 Å². The van der Waals surface area contributed by atoms with E-state index in [1.165, 1.54) is 11.8 Å². The van der Waals surface area contributed by atoms with Crippen molar-refractivity contribution in [3.63, 3.8) is 0 Å². The van der Waals surface area contributed by atoms with Crippen LogP contribution in [0.25, 0.3) is 0 Å². The van der Waals surface area contributed by atoms with Gasteiger partial charge in [0.25, 0.3) is 0 Å². The van der Waals surface area contributed by atoms with Gasteiger partial charge in [-0.1, -0.05) is 0 Å². The van der Waals surface area contributed by atoms with Crippen LogP contribution < -0.4 is 5.73 Å². The topological polar surface area (TPSA) is 77.6 Å². The zero-order valence-electron chi connectivity index (χ0n) is 7.76. The number of aromatic nitrogens is 4. The first kappa shape index (κ1) is 11.6. The average Bonchev–Trinajstić information content (AvgIpc) is 2.20. The first-order valence-corrected chi connectivity index (χ1v) is 6.09. The Morgan fingerprint density at radius 3 is 2.81 bits per heavy atom. The lowest BCUT2D eigenvalue weighted by Crippen LogP contribution is -1.99. The van der Waals surface area contributed by atoms with Gasteiger partial charge in [-0.25, -0.2) is 4.98 Å². The molecule has 0 amide bonds. The van der Waals surface area contributed by atoms with Crippen LogP contribution in [-0.2, 0) is 0 Å². The zero-order valence-corrected chi connectivity index (χ0v) is 10.9. The molecule has 0 radical (unpaired) electrons. The molecule has 2 heterocycles. The van der Waals surface area contributed by atoms with Crippen molar-refractivity contribution in [1.29, 1.82) is 0 Å². The molecule has 0 saturated heterocycles. The lowest BCUT2D eigenvalue weighted by Gasteiger charge is -2.01. The maximum atomic E-state index is 5.67. The second kappa shape index (κ2) is 4.94. The van der Waals surface area contributed by atoms with Crippen LogP contribution in [0, 0.1) is 0 Å². The van der Waals surface area contributed by atoms with E-state index in [0.29, 0.717) is 5.16 Å². The normalized spacial score (nSPS) is 10.4. The third kappa shape index (κ3) is 2.81. The molecule has 0 unspecified atom stereocenters. The highest BCUT2D eigenvalue weighted by Crippen LogP contribution is 2.29. The molecule has 0 aromatic carbocycles. The summed E-state index contributed by atoms with van der Waals surface area (Å²) in [6.45, 7) is 0. The van der Waals surface area contributed by atoms with Crippen molar-refractivity contribution in [2.45, 2.75) is 10.2 Å². The number of nitrogens with two attached hydrogens (primary N) is 1. The summed E-state index contributed by atoms with van der Waals surface area (Å²) >= 11 is 10.3. The number of hydrogen-bond donors (Lipinski definition) is 1. The molecule has 0 fully saturated rings. The SMILES string of the molecule is Nc1nc(Cl)nc(Sc2ncccc2Br)n1. The number of pyridine rings is 1. The quantitative estimate of drug-likeness (QED) is 0.916. The highest BCUT2D eigenvalue weighted by Gasteiger charge is 2.08. The van der Waals surface area contributed by atoms with Gasteiger partial charge in [0, 0.05) is 6.20 Å². The van der Waals surface area contributed by atoms with Gasteiger partial charge in [-0.3, -0.25) is 0 Å². The molecule has 0 spiro atoms. The van der Waals surface area contributed by atoms with Crippen LogP contribution >= 0.6 is 39.3 Å². The highest BCUT2D eigenvalue weighted by molar-refractivity contribution is 9.10. The second-order valence-corrected chi connectivity index (χ2v) is 4.79. The van der Waals surface area contributed by atoms with Crippen molar-refractivity contribution in [2.24, 2.45) is 0 Å². The third-order valence-electron chi connectivity index (χ3n) is 1.52. The molecule has 0 aliphatic heterocycles. The first-order chi connectivity index (χ1) is 7.65. The van der Waals surface area contributed by atoms with Crippen LogP contribution in [-0.4, -0.2) is 19.9 Å². The summed E-state index contributed by atoms with van der Waals surface area (Å²) in [5.41, 5.74) is 5.46. The van der Waals surface area contributed by atoms with E-state index >= 15 is 0 Å². The summed E-state index contributed by atoms with van der Waals surface area (Å²) in [4.78, 5) is 15.7. The summed E-state index contributed by atoms with van der Waals surface area (Å²) in [5, 5.41) is 1.23. The standard InChI is InChI=1S/C8H5BrClN5S/c9-4-2-1-3-12-5(4)16-8-14-6(10)13-7(11)15-8/h1-3H,(H2,11,13,14,15). The lowest BCUT2D eigenvalue weighted by molar-refractivity contribution is 0.912. The van der Waals surface area contributed by atoms with Crippen LogP contribution in [0.2, 0.25) is 5.28 Å². The molecule has 0 aliphatic rings. The minimum absolute atomic E-state index is 0.0713. The van der Waals surface area contributed by atoms with Gasteiger partial charge in [-0.05, 0) is 51.4 Å². The Hall–Kier alpha value is -0.920. The Kier molecular flexibility index (Phi) is 3.57. The van der Waals surface area contributed by atoms with Crippen molar-refractivity contribution in [3.8, 4) is 0 Å². The summed E-state index contributed by atoms with van der Waals surface area (Å²) in [6, 6.07) is 3.70. The molecule has 0 saturated carbocycles. The molecule has 0 aliphatic carbocycles. The number of nitrogens with zero attached hydrogens (tertiary/aromatic N) is 4. The third-order valence-corrected chi connectivity index (χ3v) is 3.47. The Morgan fingerprint density at radius 2 is 2.12 bits per heavy atom. The predicted octanol–water partition coefficient (Wildman–Crippen LogP) is 2.42. The van der Waals surface area contributed by atoms with Crippen LogP contribution in [0.3, 0.4) is 0 Å². The Morgan fingerprint density at radius 1 is 1.31 bits per heavy atom. The van der Waals surface area contributed by atoms with Gasteiger partial charge in [0.15, 0.2) is 5.16 Å². The fourth-order valence-electron chi connectivity index (χ4n) is 0.925. The number of anilines is 1. The van der Waals surface area contributed by atoms with Gasteiger partial charge >= 0.3 is 0 Å². The molecule has 16 heavy (non-hydrogen) atoms. The Bertz CT molecular complexity index is 503. The molecule has 2 N–H and O–H groups in total. The van der Waals surface area contributed by atoms with Crippen molar-refractivity contribution < 1.29 is 0 Å². The van der Waals surface area contributed by atoms with Crippen LogP contribution in [0.15, 0.2) is 33.0 Å². The maximum Gasteiger partial charge on any atom is 0.228 e. The smallest absolute Gasteiger partial charge is 0.228 e. The zero-order chi connectivity index (χ0) is 11.5. The first-order valence-electron chi connectivity index (χ1n) is 4.10. The number of nitrogen functional groups attached to an aromatic ring is 1. The molecular weight excluding hydrogens is 314 g/mol. The number of hydrogen-bond acceptors (Lipinski definition) is 6. The van der Waals surface area contributed by atoms with Crippen molar-refractivity contribution >= 4 is 45.2 Å². The van der Waals surface area contributed by atoms with E-state index < -0.39 is 0 Å². The molecule has 2 rings (SSSR count). The van der Waals surface area contributed by atoms with E-state index in [-0.39, 0.29) is 11.2 Å². The molecule has 2 aromatic heterocycles. The van der Waals surface area contributed by atoms with Crippen molar-refractivity contribution in [3.05, 3.63) is 28.1 Å². The van der Waals surface area contributed by atoms with E-state index in [4.69, 9.17) is 17.3 Å². The van der Waals surface area contributed by atoms with Crippen LogP contribution in [0.4, 0.5) is 5.95 Å². The lowest BCUT2D eigenvalue weighted by atomic mass is 10.5. The van der Waals surface area contributed by atoms with Gasteiger partial charge in [-0.15, -0.1) is 0 Å². The summed E-state index contributed by atoms with van der Waals surface area (Å²) in [6.07, 6.45) is 1.68. The summed E-state index contributed by atoms with van der Waals surface area (Å²) in [5.74, 6) is 0.0922. The van der Waals surface area contributed by atoms with E-state index in [1.54, 1.807) is 6.20 Å². The fourth-order valence-corrected chi connectivity index (χ4v) is 2.36. The van der Waals surface area contributed by atoms with Gasteiger partial charge < -0.3 is 5.73 Å². The number of halogens is 2. The molecule has 8 heteroatoms. The van der Waals surface area contributed by atoms with Gasteiger partial charge in [-0.2, -0.15) is 15.0 Å². The average molecular weight is 319 g/mol. The van der Waals surface area contributed by atoms with Gasteiger partial charge in [0.1, 0.15) is 5.03 Å². The number of rotatable bonds is 2. The highest BCUT2D eigenvalue weighted by atomic mass is 79.9. The van der Waals surface area contributed by atoms with Gasteiger partial charge in [0.05, 0.1) is 4.47 Å². The second-order valence-electron chi connectivity index (χ2n) is 2.64. The van der Waals surface area contributed by atoms with E-state index in [9.17, 15) is 0 Å². The molecule has 2 aromatic rings. The largest absolute Gasteiger partial charge is 0.368 e. The van der Waals surface area contributed by atoms with Crippen LogP contribution in [0.5, 0.6) is 0 Å². The predicted molar refractivity (Wildman–Crippen MR) is 65.3 cm³/mol. The molecule has 5 nitrogen and oxygen atoms in total. The van der Waals surface area contributed by atoms with Crippen LogP contribution in [0.1, 0.15) is 0 Å². The maximum absolute atomic E-state index is 5.67. The van der Waals surface area contributed by atoms with E-state index in [0.717, 1.165) is 9.50 Å². The Labute approximate surface area is 109 Å². The minimum atomic E-state index is 0.0713.